The summed E-state index contributed by atoms with van der Waals surface area (Å²) in [6, 6.07) is 10.2. The van der Waals surface area contributed by atoms with Crippen LogP contribution in [0.5, 0.6) is 5.75 Å². The fourth-order valence-corrected chi connectivity index (χ4v) is 2.66. The standard InChI is InChI=1S/C21H25NO5/c1-13(23)22-17(19(24)26-5)12-14-8-6-7-9-16-15(14)10-11-18(16)27-20(25)21(2,3)4/h6-11,17H,12H2,1-5H3,(H,22,23)/t17-/m1/s1. The van der Waals surface area contributed by atoms with Crippen molar-refractivity contribution in [2.75, 3.05) is 7.11 Å². The van der Waals surface area contributed by atoms with Gasteiger partial charge in [0.05, 0.1) is 12.5 Å². The SMILES string of the molecule is COC(=O)[C@@H](Cc1ccccc2c(OC(=O)C(C)(C)C)ccc1-2)NC(C)=O. The second-order valence-corrected chi connectivity index (χ2v) is 7.39. The summed E-state index contributed by atoms with van der Waals surface area (Å²) in [7, 11) is 1.28. The molecule has 2 aliphatic carbocycles. The molecule has 0 bridgehead atoms. The summed E-state index contributed by atoms with van der Waals surface area (Å²) in [5.74, 6) is -0.690. The van der Waals surface area contributed by atoms with Gasteiger partial charge in [-0.25, -0.2) is 4.79 Å². The predicted molar refractivity (Wildman–Crippen MR) is 101 cm³/mol. The minimum Gasteiger partial charge on any atom is -0.467 e. The molecule has 1 amide bonds. The fraction of sp³-hybridized carbons (Fsp3) is 0.381. The smallest absolute Gasteiger partial charge is 0.328 e. The quantitative estimate of drug-likeness (QED) is 0.817. The molecule has 0 aromatic heterocycles. The Morgan fingerprint density at radius 2 is 1.70 bits per heavy atom. The average Bonchev–Trinajstić information content (AvgIpc) is 2.86. The zero-order chi connectivity index (χ0) is 20.2. The number of hydrogen-bond acceptors (Lipinski definition) is 5. The van der Waals surface area contributed by atoms with Crippen LogP contribution in [0.2, 0.25) is 0 Å². The summed E-state index contributed by atoms with van der Waals surface area (Å²) in [5, 5.41) is 2.61. The van der Waals surface area contributed by atoms with Gasteiger partial charge in [0, 0.05) is 18.9 Å². The monoisotopic (exact) mass is 371 g/mol. The van der Waals surface area contributed by atoms with E-state index in [-0.39, 0.29) is 18.3 Å². The molecule has 0 fully saturated rings. The summed E-state index contributed by atoms with van der Waals surface area (Å²) in [4.78, 5) is 35.7. The Morgan fingerprint density at radius 1 is 1.04 bits per heavy atom. The highest BCUT2D eigenvalue weighted by molar-refractivity contribution is 5.86. The lowest BCUT2D eigenvalue weighted by Crippen LogP contribution is -2.42. The lowest BCUT2D eigenvalue weighted by Gasteiger charge is -2.17. The Hall–Kier alpha value is -2.89. The highest BCUT2D eigenvalue weighted by Crippen LogP contribution is 2.37. The van der Waals surface area contributed by atoms with Crippen LogP contribution in [0.15, 0.2) is 36.4 Å². The van der Waals surface area contributed by atoms with Gasteiger partial charge in [-0.3, -0.25) is 9.59 Å². The number of fused-ring (bicyclic) bond motifs is 1. The van der Waals surface area contributed by atoms with Gasteiger partial charge in [0.15, 0.2) is 0 Å². The van der Waals surface area contributed by atoms with Crippen molar-refractivity contribution >= 4 is 17.8 Å². The second-order valence-electron chi connectivity index (χ2n) is 7.39. The van der Waals surface area contributed by atoms with Gasteiger partial charge in [-0.15, -0.1) is 0 Å². The molecule has 1 atom stereocenters. The van der Waals surface area contributed by atoms with Crippen molar-refractivity contribution in [2.24, 2.45) is 5.41 Å². The van der Waals surface area contributed by atoms with E-state index in [0.29, 0.717) is 5.75 Å². The molecular weight excluding hydrogens is 346 g/mol. The van der Waals surface area contributed by atoms with Crippen LogP contribution in [0.25, 0.3) is 11.1 Å². The van der Waals surface area contributed by atoms with Crippen LogP contribution in [-0.4, -0.2) is 31.0 Å². The molecule has 144 valence electrons. The molecule has 6 nitrogen and oxygen atoms in total. The second kappa shape index (κ2) is 8.20. The van der Waals surface area contributed by atoms with E-state index in [2.05, 4.69) is 5.32 Å². The maximum absolute atomic E-state index is 12.2. The number of methoxy groups -OCH3 is 1. The summed E-state index contributed by atoms with van der Waals surface area (Å²) in [6.07, 6.45) is 0.258. The summed E-state index contributed by atoms with van der Waals surface area (Å²) < 4.78 is 10.4. The summed E-state index contributed by atoms with van der Waals surface area (Å²) in [5.41, 5.74) is 1.82. The predicted octanol–water partition coefficient (Wildman–Crippen LogP) is 2.96. The average molecular weight is 371 g/mol. The normalized spacial score (nSPS) is 12.3. The van der Waals surface area contributed by atoms with Crippen molar-refractivity contribution in [3.05, 3.63) is 42.0 Å². The van der Waals surface area contributed by atoms with Crippen molar-refractivity contribution in [1.82, 2.24) is 5.32 Å². The Bertz CT molecular complexity index is 822. The number of amides is 1. The number of ether oxygens (including phenoxy) is 2. The van der Waals surface area contributed by atoms with Gasteiger partial charge in [-0.2, -0.15) is 0 Å². The largest absolute Gasteiger partial charge is 0.467 e. The number of nitrogens with one attached hydrogen (secondary N) is 1. The first-order valence-electron chi connectivity index (χ1n) is 8.71. The van der Waals surface area contributed by atoms with E-state index < -0.39 is 17.4 Å². The molecule has 6 heteroatoms. The topological polar surface area (TPSA) is 81.7 Å². The minimum absolute atomic E-state index is 0.258. The van der Waals surface area contributed by atoms with Gasteiger partial charge in [-0.05, 0) is 38.0 Å². The van der Waals surface area contributed by atoms with Gasteiger partial charge >= 0.3 is 11.9 Å². The lowest BCUT2D eigenvalue weighted by molar-refractivity contribution is -0.144. The maximum Gasteiger partial charge on any atom is 0.328 e. The van der Waals surface area contributed by atoms with E-state index >= 15 is 0 Å². The van der Waals surface area contributed by atoms with E-state index in [4.69, 9.17) is 9.47 Å². The molecule has 0 unspecified atom stereocenters. The summed E-state index contributed by atoms with van der Waals surface area (Å²) in [6.45, 7) is 6.73. The third-order valence-corrected chi connectivity index (χ3v) is 4.08. The highest BCUT2D eigenvalue weighted by Gasteiger charge is 2.27. The fourth-order valence-electron chi connectivity index (χ4n) is 2.66. The van der Waals surface area contributed by atoms with Gasteiger partial charge in [0.25, 0.3) is 0 Å². The van der Waals surface area contributed by atoms with Crippen LogP contribution in [0.1, 0.15) is 33.3 Å². The van der Waals surface area contributed by atoms with Gasteiger partial charge in [0.1, 0.15) is 11.8 Å². The zero-order valence-electron chi connectivity index (χ0n) is 16.3. The van der Waals surface area contributed by atoms with Crippen LogP contribution in [-0.2, 0) is 25.5 Å². The van der Waals surface area contributed by atoms with Gasteiger partial charge in [0.2, 0.25) is 5.91 Å². The first kappa shape index (κ1) is 20.4. The number of esters is 2. The highest BCUT2D eigenvalue weighted by atomic mass is 16.5. The molecule has 0 spiro atoms. The van der Waals surface area contributed by atoms with Crippen LogP contribution >= 0.6 is 0 Å². The number of hydrogen-bond donors (Lipinski definition) is 1. The maximum atomic E-state index is 12.2. The Morgan fingerprint density at radius 3 is 2.30 bits per heavy atom. The molecule has 0 saturated carbocycles. The van der Waals surface area contributed by atoms with Crippen LogP contribution in [0, 0.1) is 5.41 Å². The van der Waals surface area contributed by atoms with Crippen molar-refractivity contribution in [3.63, 3.8) is 0 Å². The van der Waals surface area contributed by atoms with Crippen molar-refractivity contribution in [2.45, 2.75) is 40.2 Å². The molecule has 27 heavy (non-hydrogen) atoms. The molecule has 2 rings (SSSR count). The number of carbonyl (C=O) groups is 3. The molecule has 0 radical (unpaired) electrons. The lowest BCUT2D eigenvalue weighted by atomic mass is 9.97. The van der Waals surface area contributed by atoms with Crippen LogP contribution in [0.4, 0.5) is 0 Å². The molecule has 2 aliphatic rings. The molecule has 0 aliphatic heterocycles. The Labute approximate surface area is 159 Å². The Kier molecular flexibility index (Phi) is 6.20. The van der Waals surface area contributed by atoms with E-state index in [1.54, 1.807) is 26.8 Å². The van der Waals surface area contributed by atoms with E-state index in [0.717, 1.165) is 16.7 Å². The van der Waals surface area contributed by atoms with Crippen molar-refractivity contribution in [3.8, 4) is 16.9 Å². The summed E-state index contributed by atoms with van der Waals surface area (Å²) >= 11 is 0. The number of carbonyl (C=O) groups excluding carboxylic acids is 3. The van der Waals surface area contributed by atoms with E-state index in [9.17, 15) is 14.4 Å². The van der Waals surface area contributed by atoms with Gasteiger partial charge < -0.3 is 14.8 Å². The third-order valence-electron chi connectivity index (χ3n) is 4.08. The number of rotatable bonds is 5. The third kappa shape index (κ3) is 5.06. The zero-order valence-corrected chi connectivity index (χ0v) is 16.3. The van der Waals surface area contributed by atoms with E-state index in [1.165, 1.54) is 14.0 Å². The van der Waals surface area contributed by atoms with E-state index in [1.807, 2.05) is 30.3 Å². The van der Waals surface area contributed by atoms with Crippen molar-refractivity contribution in [1.29, 1.82) is 0 Å². The van der Waals surface area contributed by atoms with Crippen LogP contribution < -0.4 is 10.1 Å². The van der Waals surface area contributed by atoms with Crippen LogP contribution in [0.3, 0.4) is 0 Å². The molecule has 0 aromatic rings. The molecule has 0 aromatic carbocycles. The molecule has 1 N–H and O–H groups in total. The first-order chi connectivity index (χ1) is 12.6. The van der Waals surface area contributed by atoms with Crippen molar-refractivity contribution < 1.29 is 23.9 Å². The van der Waals surface area contributed by atoms with Gasteiger partial charge in [-0.1, -0.05) is 30.3 Å². The minimum atomic E-state index is -0.798. The molecule has 0 saturated heterocycles. The first-order valence-corrected chi connectivity index (χ1v) is 8.71. The molecular formula is C21H25NO5. The Balaban J connectivity index is 2.35. The molecule has 0 heterocycles.